The number of carbonyl (C=O) groups excluding carboxylic acids is 1. The van der Waals surface area contributed by atoms with Gasteiger partial charge in [0.1, 0.15) is 13.2 Å². The fourth-order valence-electron chi connectivity index (χ4n) is 3.06. The number of ether oxygens (including phenoxy) is 2. The van der Waals surface area contributed by atoms with E-state index in [0.29, 0.717) is 31.3 Å². The molecule has 3 N–H and O–H groups in total. The van der Waals surface area contributed by atoms with E-state index < -0.39 is 0 Å². The lowest BCUT2D eigenvalue weighted by Crippen LogP contribution is -2.35. The molecule has 0 saturated heterocycles. The second kappa shape index (κ2) is 6.35. The summed E-state index contributed by atoms with van der Waals surface area (Å²) in [6, 6.07) is 5.64. The second-order valence-corrected chi connectivity index (χ2v) is 5.82. The Labute approximate surface area is 124 Å². The van der Waals surface area contributed by atoms with Crippen molar-refractivity contribution in [1.29, 1.82) is 0 Å². The van der Waals surface area contributed by atoms with Crippen LogP contribution >= 0.6 is 0 Å². The Hall–Kier alpha value is -1.75. The zero-order chi connectivity index (χ0) is 14.7. The van der Waals surface area contributed by atoms with Gasteiger partial charge in [0, 0.05) is 24.2 Å². The summed E-state index contributed by atoms with van der Waals surface area (Å²) in [5.74, 6) is 1.74. The summed E-state index contributed by atoms with van der Waals surface area (Å²) < 4.78 is 11.0. The van der Waals surface area contributed by atoms with Crippen LogP contribution in [0.25, 0.3) is 0 Å². The lowest BCUT2D eigenvalue weighted by Gasteiger charge is -2.28. The van der Waals surface area contributed by atoms with Crippen molar-refractivity contribution in [2.75, 3.05) is 18.5 Å². The molecule has 1 aromatic carbocycles. The molecule has 2 aliphatic rings. The molecule has 0 bridgehead atoms. The predicted molar refractivity (Wildman–Crippen MR) is 80.6 cm³/mol. The van der Waals surface area contributed by atoms with Crippen LogP contribution < -0.4 is 20.5 Å². The van der Waals surface area contributed by atoms with E-state index in [0.717, 1.165) is 24.3 Å². The van der Waals surface area contributed by atoms with Gasteiger partial charge in [0.2, 0.25) is 5.91 Å². The van der Waals surface area contributed by atoms with Gasteiger partial charge in [-0.25, -0.2) is 0 Å². The van der Waals surface area contributed by atoms with Gasteiger partial charge >= 0.3 is 0 Å². The number of anilines is 1. The molecule has 3 rings (SSSR count). The normalized spacial score (nSPS) is 24.4. The van der Waals surface area contributed by atoms with Gasteiger partial charge < -0.3 is 20.5 Å². The number of hydrogen-bond acceptors (Lipinski definition) is 4. The summed E-state index contributed by atoms with van der Waals surface area (Å²) in [5, 5.41) is 2.93. The van der Waals surface area contributed by atoms with E-state index in [1.165, 1.54) is 12.8 Å². The molecule has 1 saturated carbocycles. The fraction of sp³-hybridized carbons (Fsp3) is 0.562. The molecule has 0 spiro atoms. The minimum Gasteiger partial charge on any atom is -0.486 e. The van der Waals surface area contributed by atoms with Crippen molar-refractivity contribution in [2.24, 2.45) is 11.7 Å². The molecule has 1 amide bonds. The number of nitrogens with two attached hydrogens (primary N) is 1. The summed E-state index contributed by atoms with van der Waals surface area (Å²) >= 11 is 0. The van der Waals surface area contributed by atoms with E-state index in [4.69, 9.17) is 15.2 Å². The predicted octanol–water partition coefficient (Wildman–Crippen LogP) is 2.30. The Morgan fingerprint density at radius 2 is 1.95 bits per heavy atom. The largest absolute Gasteiger partial charge is 0.486 e. The number of benzene rings is 1. The Kier molecular flexibility index (Phi) is 4.29. The van der Waals surface area contributed by atoms with Crippen molar-refractivity contribution in [3.8, 4) is 11.5 Å². The fourth-order valence-corrected chi connectivity index (χ4v) is 3.06. The van der Waals surface area contributed by atoms with Crippen molar-refractivity contribution in [2.45, 2.75) is 38.1 Å². The topological polar surface area (TPSA) is 73.6 Å². The van der Waals surface area contributed by atoms with Gasteiger partial charge in [-0.05, 0) is 30.9 Å². The molecule has 1 aromatic rings. The van der Waals surface area contributed by atoms with E-state index in [9.17, 15) is 4.79 Å². The number of carbonyl (C=O) groups is 1. The summed E-state index contributed by atoms with van der Waals surface area (Å²) in [4.78, 5) is 12.2. The third kappa shape index (κ3) is 3.47. The van der Waals surface area contributed by atoms with Crippen molar-refractivity contribution in [3.63, 3.8) is 0 Å². The number of amides is 1. The first-order chi connectivity index (χ1) is 10.2. The summed E-state index contributed by atoms with van der Waals surface area (Å²) in [6.07, 6.45) is 4.93. The van der Waals surface area contributed by atoms with Crippen LogP contribution in [0.2, 0.25) is 0 Å². The Morgan fingerprint density at radius 3 is 2.76 bits per heavy atom. The van der Waals surface area contributed by atoms with Crippen LogP contribution in [0.5, 0.6) is 11.5 Å². The van der Waals surface area contributed by atoms with Crippen molar-refractivity contribution in [3.05, 3.63) is 18.2 Å². The zero-order valence-corrected chi connectivity index (χ0v) is 12.1. The highest BCUT2D eigenvalue weighted by atomic mass is 16.6. The van der Waals surface area contributed by atoms with E-state index in [2.05, 4.69) is 5.32 Å². The molecule has 114 valence electrons. The number of hydrogen-bond donors (Lipinski definition) is 2. The smallest absolute Gasteiger partial charge is 0.224 e. The monoisotopic (exact) mass is 290 g/mol. The molecule has 1 fully saturated rings. The van der Waals surface area contributed by atoms with E-state index >= 15 is 0 Å². The highest BCUT2D eigenvalue weighted by Crippen LogP contribution is 2.33. The standard InChI is InChI=1S/C16H22N2O3/c17-13-4-2-1-3-11(13)9-16(19)18-12-5-6-14-15(10-12)21-8-7-20-14/h5-6,10-11,13H,1-4,7-9,17H2,(H,18,19). The number of fused-ring (bicyclic) bond motifs is 1. The highest BCUT2D eigenvalue weighted by molar-refractivity contribution is 5.91. The van der Waals surface area contributed by atoms with Crippen LogP contribution in [-0.4, -0.2) is 25.2 Å². The Bertz CT molecular complexity index is 518. The van der Waals surface area contributed by atoms with Crippen molar-refractivity contribution in [1.82, 2.24) is 0 Å². The van der Waals surface area contributed by atoms with E-state index in [1.54, 1.807) is 0 Å². The molecule has 2 unspecified atom stereocenters. The van der Waals surface area contributed by atoms with E-state index in [-0.39, 0.29) is 11.9 Å². The molecule has 5 heteroatoms. The van der Waals surface area contributed by atoms with Gasteiger partial charge in [-0.3, -0.25) is 4.79 Å². The first kappa shape index (κ1) is 14.2. The molecular weight excluding hydrogens is 268 g/mol. The van der Waals surface area contributed by atoms with Gasteiger partial charge in [-0.2, -0.15) is 0 Å². The molecule has 2 atom stereocenters. The second-order valence-electron chi connectivity index (χ2n) is 5.82. The summed E-state index contributed by atoms with van der Waals surface area (Å²) in [6.45, 7) is 1.11. The van der Waals surface area contributed by atoms with Gasteiger partial charge in [-0.1, -0.05) is 12.8 Å². The Morgan fingerprint density at radius 1 is 1.19 bits per heavy atom. The summed E-state index contributed by atoms with van der Waals surface area (Å²) in [5.41, 5.74) is 6.84. The van der Waals surface area contributed by atoms with Crippen LogP contribution in [0.1, 0.15) is 32.1 Å². The van der Waals surface area contributed by atoms with Gasteiger partial charge in [-0.15, -0.1) is 0 Å². The molecule has 1 aliphatic heterocycles. The van der Waals surface area contributed by atoms with Gasteiger partial charge in [0.25, 0.3) is 0 Å². The van der Waals surface area contributed by atoms with E-state index in [1.807, 2.05) is 18.2 Å². The molecular formula is C16H22N2O3. The maximum atomic E-state index is 12.2. The lowest BCUT2D eigenvalue weighted by molar-refractivity contribution is -0.117. The minimum absolute atomic E-state index is 0.0222. The van der Waals surface area contributed by atoms with Crippen molar-refractivity contribution < 1.29 is 14.3 Å². The molecule has 21 heavy (non-hydrogen) atoms. The third-order valence-corrected chi connectivity index (χ3v) is 4.24. The highest BCUT2D eigenvalue weighted by Gasteiger charge is 2.24. The number of rotatable bonds is 3. The summed E-state index contributed by atoms with van der Waals surface area (Å²) in [7, 11) is 0. The first-order valence-corrected chi connectivity index (χ1v) is 7.67. The maximum Gasteiger partial charge on any atom is 0.224 e. The average Bonchev–Trinajstić information content (AvgIpc) is 2.49. The van der Waals surface area contributed by atoms with Crippen LogP contribution in [0.4, 0.5) is 5.69 Å². The van der Waals surface area contributed by atoms with Gasteiger partial charge in [0.05, 0.1) is 0 Å². The Balaban J connectivity index is 1.59. The molecule has 0 radical (unpaired) electrons. The van der Waals surface area contributed by atoms with Crippen molar-refractivity contribution >= 4 is 11.6 Å². The maximum absolute atomic E-state index is 12.2. The van der Waals surface area contributed by atoms with Gasteiger partial charge in [0.15, 0.2) is 11.5 Å². The minimum atomic E-state index is 0.0222. The quantitative estimate of drug-likeness (QED) is 0.896. The number of nitrogens with one attached hydrogen (secondary N) is 1. The van der Waals surface area contributed by atoms with Crippen LogP contribution in [-0.2, 0) is 4.79 Å². The third-order valence-electron chi connectivity index (χ3n) is 4.24. The SMILES string of the molecule is NC1CCCCC1CC(=O)Nc1ccc2c(c1)OCCO2. The molecule has 0 aromatic heterocycles. The van der Waals surface area contributed by atoms with Crippen LogP contribution in [0.3, 0.4) is 0 Å². The zero-order valence-electron chi connectivity index (χ0n) is 12.1. The van der Waals surface area contributed by atoms with Crippen LogP contribution in [0, 0.1) is 5.92 Å². The molecule has 5 nitrogen and oxygen atoms in total. The first-order valence-electron chi connectivity index (χ1n) is 7.67. The molecule has 1 heterocycles. The van der Waals surface area contributed by atoms with Crippen LogP contribution in [0.15, 0.2) is 18.2 Å². The average molecular weight is 290 g/mol. The lowest BCUT2D eigenvalue weighted by atomic mass is 9.83. The molecule has 1 aliphatic carbocycles.